The highest BCUT2D eigenvalue weighted by Gasteiger charge is 2.22. The van der Waals surface area contributed by atoms with E-state index in [4.69, 9.17) is 10.7 Å². The van der Waals surface area contributed by atoms with E-state index in [-0.39, 0.29) is 5.92 Å². The van der Waals surface area contributed by atoms with E-state index in [0.717, 1.165) is 51.1 Å². The van der Waals surface area contributed by atoms with Crippen LogP contribution in [0.4, 0.5) is 5.69 Å². The van der Waals surface area contributed by atoms with E-state index in [1.54, 1.807) is 12.3 Å². The monoisotopic (exact) mass is 524 g/mol. The van der Waals surface area contributed by atoms with E-state index in [9.17, 15) is 5.26 Å². The van der Waals surface area contributed by atoms with Crippen molar-refractivity contribution in [2.75, 3.05) is 0 Å². The molecule has 0 aliphatic rings. The van der Waals surface area contributed by atoms with Crippen molar-refractivity contribution in [2.45, 2.75) is 32.6 Å². The Balaban J connectivity index is 1.61. The number of aryl methyl sites for hydroxylation is 3. The number of nitrogens with two attached hydrogens (primary N) is 1. The molecule has 0 aliphatic heterocycles. The van der Waals surface area contributed by atoms with Crippen molar-refractivity contribution < 1.29 is 0 Å². The van der Waals surface area contributed by atoms with E-state index >= 15 is 0 Å². The molecule has 3 aromatic carbocycles. The lowest BCUT2D eigenvalue weighted by atomic mass is 9.86. The molecule has 2 heterocycles. The van der Waals surface area contributed by atoms with Gasteiger partial charge >= 0.3 is 0 Å². The minimum absolute atomic E-state index is 0.0273. The van der Waals surface area contributed by atoms with Crippen LogP contribution < -0.4 is 5.73 Å². The van der Waals surface area contributed by atoms with Gasteiger partial charge < -0.3 is 10.3 Å². The lowest BCUT2D eigenvalue weighted by Gasteiger charge is -2.20. The Kier molecular flexibility index (Phi) is 7.84. The Morgan fingerprint density at radius 3 is 2.45 bits per heavy atom. The lowest BCUT2D eigenvalue weighted by molar-refractivity contribution is 0.793. The molecule has 0 bridgehead atoms. The van der Waals surface area contributed by atoms with Crippen LogP contribution in [0.15, 0.2) is 96.5 Å². The number of rotatable bonds is 8. The highest BCUT2D eigenvalue weighted by atomic mass is 15.0. The maximum atomic E-state index is 10.5. The summed E-state index contributed by atoms with van der Waals surface area (Å²) in [5.41, 5.74) is 15.4. The Hall–Kier alpha value is -5.02. The van der Waals surface area contributed by atoms with Crippen LogP contribution in [0, 0.1) is 18.3 Å². The maximum absolute atomic E-state index is 10.5. The molecule has 5 aromatic rings. The van der Waals surface area contributed by atoms with Gasteiger partial charge in [-0.1, -0.05) is 55.0 Å². The van der Waals surface area contributed by atoms with Gasteiger partial charge in [0.2, 0.25) is 0 Å². The summed E-state index contributed by atoms with van der Waals surface area (Å²) in [7, 11) is 2.02. The van der Waals surface area contributed by atoms with Crippen LogP contribution >= 0.6 is 0 Å². The van der Waals surface area contributed by atoms with Crippen molar-refractivity contribution in [2.24, 2.45) is 17.8 Å². The summed E-state index contributed by atoms with van der Waals surface area (Å²) in [5, 5.41) is 11.3. The number of aliphatic imine (C=N–C) groups is 1. The minimum Gasteiger partial charge on any atom is -0.405 e. The van der Waals surface area contributed by atoms with E-state index in [0.29, 0.717) is 12.0 Å². The molecule has 1 atom stereocenters. The van der Waals surface area contributed by atoms with Gasteiger partial charge in [-0.25, -0.2) is 4.98 Å². The molecule has 6 heteroatoms. The molecular formula is C34H32N6. The molecular weight excluding hydrogens is 492 g/mol. The van der Waals surface area contributed by atoms with Gasteiger partial charge in [0.15, 0.2) is 0 Å². The molecule has 0 saturated carbocycles. The fourth-order valence-corrected chi connectivity index (χ4v) is 5.18. The van der Waals surface area contributed by atoms with Gasteiger partial charge in [0, 0.05) is 42.7 Å². The first-order valence-corrected chi connectivity index (χ1v) is 13.4. The molecule has 2 aromatic heterocycles. The van der Waals surface area contributed by atoms with Crippen molar-refractivity contribution >= 4 is 22.8 Å². The standard InChI is InChI=1S/C34H32N6/c1-4-31-28(18-24-8-13-27(14-9-24)38-17-5-16-35)30(20-36)29-19-26(12-15-32(29)39-31)34(33-21-37-22-40(33)3)25-10-6-23(2)7-11-25/h5-17,19,21-22,34H,4,18,35H2,1-3H3. The summed E-state index contributed by atoms with van der Waals surface area (Å²) in [6, 6.07) is 25.5. The number of fused-ring (bicyclic) bond motifs is 1. The summed E-state index contributed by atoms with van der Waals surface area (Å²) >= 11 is 0. The number of imidazole rings is 1. The minimum atomic E-state index is -0.0273. The summed E-state index contributed by atoms with van der Waals surface area (Å²) in [6.45, 7) is 4.18. The summed E-state index contributed by atoms with van der Waals surface area (Å²) < 4.78 is 2.06. The third kappa shape index (κ3) is 5.41. The SMILES string of the molecule is CCc1nc2ccc(C(c3ccc(C)cc3)c3cncn3C)cc2c(C#N)c1Cc1ccc(N=CC=CN)cc1. The number of benzene rings is 3. The smallest absolute Gasteiger partial charge is 0.100 e. The van der Waals surface area contributed by atoms with Crippen molar-refractivity contribution in [3.63, 3.8) is 0 Å². The van der Waals surface area contributed by atoms with Crippen molar-refractivity contribution in [3.8, 4) is 6.07 Å². The molecule has 0 saturated heterocycles. The molecule has 6 nitrogen and oxygen atoms in total. The van der Waals surface area contributed by atoms with Crippen LogP contribution in [0.3, 0.4) is 0 Å². The molecule has 0 radical (unpaired) electrons. The third-order valence-corrected chi connectivity index (χ3v) is 7.27. The van der Waals surface area contributed by atoms with Gasteiger partial charge in [-0.2, -0.15) is 5.26 Å². The van der Waals surface area contributed by atoms with Crippen molar-refractivity contribution in [3.05, 3.63) is 136 Å². The number of hydrogen-bond donors (Lipinski definition) is 1. The highest BCUT2D eigenvalue weighted by molar-refractivity contribution is 5.87. The number of hydrogen-bond acceptors (Lipinski definition) is 5. The van der Waals surface area contributed by atoms with Crippen LogP contribution in [0.2, 0.25) is 0 Å². The first-order valence-electron chi connectivity index (χ1n) is 13.4. The number of nitrogens with zero attached hydrogens (tertiary/aromatic N) is 5. The van der Waals surface area contributed by atoms with E-state index in [1.807, 2.05) is 31.7 Å². The summed E-state index contributed by atoms with van der Waals surface area (Å²) in [4.78, 5) is 13.8. The predicted molar refractivity (Wildman–Crippen MR) is 162 cm³/mol. The molecule has 0 aliphatic carbocycles. The molecule has 40 heavy (non-hydrogen) atoms. The number of aromatic nitrogens is 3. The predicted octanol–water partition coefficient (Wildman–Crippen LogP) is 6.66. The third-order valence-electron chi connectivity index (χ3n) is 7.27. The first-order chi connectivity index (χ1) is 19.5. The fourth-order valence-electron chi connectivity index (χ4n) is 5.18. The molecule has 5 rings (SSSR count). The second kappa shape index (κ2) is 11.8. The number of pyridine rings is 1. The van der Waals surface area contributed by atoms with Gasteiger partial charge in [-0.05, 0) is 72.1 Å². The largest absolute Gasteiger partial charge is 0.405 e. The Morgan fingerprint density at radius 1 is 1.05 bits per heavy atom. The molecule has 0 amide bonds. The average Bonchev–Trinajstić information content (AvgIpc) is 3.40. The zero-order valence-electron chi connectivity index (χ0n) is 23.0. The fraction of sp³-hybridized carbons (Fsp3) is 0.176. The average molecular weight is 525 g/mol. The Morgan fingerprint density at radius 2 is 1.80 bits per heavy atom. The van der Waals surface area contributed by atoms with Gasteiger partial charge in [-0.15, -0.1) is 0 Å². The van der Waals surface area contributed by atoms with Gasteiger partial charge in [0.05, 0.1) is 29.0 Å². The maximum Gasteiger partial charge on any atom is 0.100 e. The van der Waals surface area contributed by atoms with E-state index in [1.165, 1.54) is 17.3 Å². The van der Waals surface area contributed by atoms with Crippen LogP contribution in [0.1, 0.15) is 57.6 Å². The van der Waals surface area contributed by atoms with Crippen LogP contribution in [0.25, 0.3) is 10.9 Å². The summed E-state index contributed by atoms with van der Waals surface area (Å²) in [5.74, 6) is -0.0273. The van der Waals surface area contributed by atoms with Crippen LogP contribution in [0.5, 0.6) is 0 Å². The quantitative estimate of drug-likeness (QED) is 0.230. The number of allylic oxidation sites excluding steroid dienone is 1. The van der Waals surface area contributed by atoms with Crippen LogP contribution in [-0.4, -0.2) is 20.7 Å². The Bertz CT molecular complexity index is 1740. The zero-order chi connectivity index (χ0) is 28.1. The first kappa shape index (κ1) is 26.6. The normalized spacial score (nSPS) is 12.3. The van der Waals surface area contributed by atoms with E-state index in [2.05, 4.69) is 89.1 Å². The van der Waals surface area contributed by atoms with Crippen LogP contribution in [-0.2, 0) is 19.9 Å². The summed E-state index contributed by atoms with van der Waals surface area (Å²) in [6.07, 6.45) is 9.92. The number of nitriles is 1. The zero-order valence-corrected chi connectivity index (χ0v) is 23.0. The molecule has 0 fully saturated rings. The van der Waals surface area contributed by atoms with Gasteiger partial charge in [-0.3, -0.25) is 9.98 Å². The topological polar surface area (TPSA) is 92.9 Å². The second-order valence-corrected chi connectivity index (χ2v) is 9.93. The molecule has 0 spiro atoms. The second-order valence-electron chi connectivity index (χ2n) is 9.93. The van der Waals surface area contributed by atoms with E-state index < -0.39 is 0 Å². The van der Waals surface area contributed by atoms with Gasteiger partial charge in [0.1, 0.15) is 6.07 Å². The molecule has 1 unspecified atom stereocenters. The van der Waals surface area contributed by atoms with Gasteiger partial charge in [0.25, 0.3) is 0 Å². The molecule has 198 valence electrons. The van der Waals surface area contributed by atoms with Crippen molar-refractivity contribution in [1.82, 2.24) is 14.5 Å². The lowest BCUT2D eigenvalue weighted by Crippen LogP contribution is -2.09. The molecule has 2 N–H and O–H groups in total. The Labute approximate surface area is 235 Å². The van der Waals surface area contributed by atoms with Crippen molar-refractivity contribution in [1.29, 1.82) is 5.26 Å². The highest BCUT2D eigenvalue weighted by Crippen LogP contribution is 2.35.